The number of carbonyl (C=O) groups excluding carboxylic acids is 1. The van der Waals surface area contributed by atoms with Gasteiger partial charge >= 0.3 is 0 Å². The Morgan fingerprint density at radius 2 is 1.96 bits per heavy atom. The van der Waals surface area contributed by atoms with E-state index in [9.17, 15) is 23.3 Å². The molecule has 1 aliphatic heterocycles. The number of sulfone groups is 1. The summed E-state index contributed by atoms with van der Waals surface area (Å²) < 4.78 is 23.2. The van der Waals surface area contributed by atoms with E-state index < -0.39 is 14.8 Å². The summed E-state index contributed by atoms with van der Waals surface area (Å²) in [6.45, 7) is 1.45. The first-order valence-corrected chi connectivity index (χ1v) is 11.1. The zero-order chi connectivity index (χ0) is 19.6. The van der Waals surface area contributed by atoms with Crippen LogP contribution in [0.2, 0.25) is 0 Å². The third-order valence-electron chi connectivity index (χ3n) is 5.67. The van der Waals surface area contributed by atoms with Gasteiger partial charge in [-0.05, 0) is 36.8 Å². The van der Waals surface area contributed by atoms with Crippen LogP contribution in [0.1, 0.15) is 32.1 Å². The second-order valence-corrected chi connectivity index (χ2v) is 9.51. The smallest absolute Gasteiger partial charge is 0.293 e. The lowest BCUT2D eigenvalue weighted by Crippen LogP contribution is -2.46. The number of nitro groups is 1. The van der Waals surface area contributed by atoms with Crippen molar-refractivity contribution < 1.29 is 18.1 Å². The number of nitro benzene ring substituents is 1. The maximum absolute atomic E-state index is 12.6. The van der Waals surface area contributed by atoms with Gasteiger partial charge in [0.15, 0.2) is 9.84 Å². The normalized spacial score (nSPS) is 22.8. The van der Waals surface area contributed by atoms with Crippen LogP contribution in [0.3, 0.4) is 0 Å². The molecule has 9 heteroatoms. The van der Waals surface area contributed by atoms with Crippen LogP contribution >= 0.6 is 0 Å². The Kier molecular flexibility index (Phi) is 5.69. The Morgan fingerprint density at radius 3 is 2.63 bits per heavy atom. The van der Waals surface area contributed by atoms with Crippen LogP contribution < -0.4 is 5.32 Å². The van der Waals surface area contributed by atoms with E-state index >= 15 is 0 Å². The van der Waals surface area contributed by atoms with Gasteiger partial charge in [-0.1, -0.05) is 19.3 Å². The predicted octanol–water partition coefficient (Wildman–Crippen LogP) is 2.45. The topological polar surface area (TPSA) is 110 Å². The minimum atomic E-state index is -3.54. The zero-order valence-electron chi connectivity index (χ0n) is 15.4. The van der Waals surface area contributed by atoms with Gasteiger partial charge in [-0.15, -0.1) is 0 Å². The van der Waals surface area contributed by atoms with Gasteiger partial charge in [-0.2, -0.15) is 0 Å². The van der Waals surface area contributed by atoms with Gasteiger partial charge in [0.2, 0.25) is 5.91 Å². The van der Waals surface area contributed by atoms with Crippen LogP contribution in [-0.4, -0.2) is 50.0 Å². The number of hydrogen-bond acceptors (Lipinski definition) is 6. The van der Waals surface area contributed by atoms with E-state index in [-0.39, 0.29) is 28.7 Å². The molecule has 0 spiro atoms. The fourth-order valence-electron chi connectivity index (χ4n) is 4.15. The number of fused-ring (bicyclic) bond motifs is 1. The number of nitrogens with one attached hydrogen (secondary N) is 1. The lowest BCUT2D eigenvalue weighted by molar-refractivity contribution is -0.384. The van der Waals surface area contributed by atoms with Gasteiger partial charge in [0.1, 0.15) is 5.69 Å². The molecule has 0 aromatic heterocycles. The molecule has 0 radical (unpaired) electrons. The molecule has 1 amide bonds. The molecule has 1 aromatic rings. The average molecular weight is 395 g/mol. The number of amides is 1. The number of nitrogens with zero attached hydrogens (tertiary/aromatic N) is 2. The molecule has 8 nitrogen and oxygen atoms in total. The van der Waals surface area contributed by atoms with Crippen molar-refractivity contribution in [2.75, 3.05) is 31.2 Å². The SMILES string of the molecule is CS(=O)(=O)c1ccc(NCC(=O)N2CC[C@@H]3CCCC[C@H]3C2)c([N+](=O)[O-])c1. The summed E-state index contributed by atoms with van der Waals surface area (Å²) in [5, 5.41) is 14.1. The van der Waals surface area contributed by atoms with Crippen molar-refractivity contribution in [1.82, 2.24) is 4.90 Å². The molecule has 2 atom stereocenters. The van der Waals surface area contributed by atoms with E-state index in [0.29, 0.717) is 5.92 Å². The van der Waals surface area contributed by atoms with Gasteiger partial charge in [0.25, 0.3) is 5.69 Å². The number of carbonyl (C=O) groups is 1. The van der Waals surface area contributed by atoms with Gasteiger partial charge < -0.3 is 10.2 Å². The lowest BCUT2D eigenvalue weighted by atomic mass is 9.75. The Bertz CT molecular complexity index is 839. The van der Waals surface area contributed by atoms with Crippen molar-refractivity contribution in [2.45, 2.75) is 37.0 Å². The summed E-state index contributed by atoms with van der Waals surface area (Å²) in [4.78, 5) is 24.9. The Balaban J connectivity index is 1.65. The molecule has 1 aromatic carbocycles. The predicted molar refractivity (Wildman–Crippen MR) is 101 cm³/mol. The quantitative estimate of drug-likeness (QED) is 0.606. The van der Waals surface area contributed by atoms with Crippen molar-refractivity contribution in [3.8, 4) is 0 Å². The fraction of sp³-hybridized carbons (Fsp3) is 0.611. The highest BCUT2D eigenvalue weighted by Crippen LogP contribution is 2.36. The van der Waals surface area contributed by atoms with Crippen LogP contribution in [0.4, 0.5) is 11.4 Å². The third-order valence-corrected chi connectivity index (χ3v) is 6.78. The minimum Gasteiger partial charge on any atom is -0.371 e. The van der Waals surface area contributed by atoms with E-state index in [1.807, 2.05) is 4.90 Å². The van der Waals surface area contributed by atoms with E-state index in [1.54, 1.807) is 0 Å². The summed E-state index contributed by atoms with van der Waals surface area (Å²) in [5.74, 6) is 1.21. The van der Waals surface area contributed by atoms with E-state index in [2.05, 4.69) is 5.32 Å². The summed E-state index contributed by atoms with van der Waals surface area (Å²) in [5.41, 5.74) is -0.204. The number of piperidine rings is 1. The molecule has 27 heavy (non-hydrogen) atoms. The van der Waals surface area contributed by atoms with Crippen LogP contribution in [0, 0.1) is 22.0 Å². The van der Waals surface area contributed by atoms with Gasteiger partial charge in [0.05, 0.1) is 16.4 Å². The number of likely N-dealkylation sites (tertiary alicyclic amines) is 1. The highest BCUT2D eigenvalue weighted by Gasteiger charge is 2.32. The highest BCUT2D eigenvalue weighted by atomic mass is 32.2. The molecule has 148 valence electrons. The second kappa shape index (κ2) is 7.84. The van der Waals surface area contributed by atoms with E-state index in [1.165, 1.54) is 37.8 Å². The monoisotopic (exact) mass is 395 g/mol. The second-order valence-electron chi connectivity index (χ2n) is 7.49. The number of rotatable bonds is 5. The Morgan fingerprint density at radius 1 is 1.26 bits per heavy atom. The van der Waals surface area contributed by atoms with E-state index in [4.69, 9.17) is 0 Å². The molecular weight excluding hydrogens is 370 g/mol. The molecule has 0 unspecified atom stereocenters. The van der Waals surface area contributed by atoms with Crippen LogP contribution in [0.15, 0.2) is 23.1 Å². The van der Waals surface area contributed by atoms with Crippen molar-refractivity contribution in [3.05, 3.63) is 28.3 Å². The Labute approximate surface area is 159 Å². The highest BCUT2D eigenvalue weighted by molar-refractivity contribution is 7.90. The average Bonchev–Trinajstić information content (AvgIpc) is 2.64. The first-order chi connectivity index (χ1) is 12.8. The molecular formula is C18H25N3O5S. The Hall–Kier alpha value is -2.16. The van der Waals surface area contributed by atoms with Gasteiger partial charge in [0, 0.05) is 25.4 Å². The van der Waals surface area contributed by atoms with Crippen molar-refractivity contribution in [1.29, 1.82) is 0 Å². The molecule has 2 aliphatic rings. The summed E-state index contributed by atoms with van der Waals surface area (Å²) >= 11 is 0. The summed E-state index contributed by atoms with van der Waals surface area (Å²) in [7, 11) is -3.54. The number of anilines is 1. The largest absolute Gasteiger partial charge is 0.371 e. The molecule has 0 bridgehead atoms. The lowest BCUT2D eigenvalue weighted by Gasteiger charge is -2.41. The summed E-state index contributed by atoms with van der Waals surface area (Å²) in [6.07, 6.45) is 6.95. The molecule has 1 aliphatic carbocycles. The molecule has 1 heterocycles. The standard InChI is InChI=1S/C18H25N3O5S/c1-27(25,26)15-6-7-16(17(10-15)21(23)24)19-11-18(22)20-9-8-13-4-2-3-5-14(13)12-20/h6-7,10,13-14,19H,2-5,8-9,11-12H2,1H3/t13-,14-/m0/s1. The molecule has 1 saturated carbocycles. The van der Waals surface area contributed by atoms with Crippen molar-refractivity contribution in [2.24, 2.45) is 11.8 Å². The van der Waals surface area contributed by atoms with Crippen LogP contribution in [0.5, 0.6) is 0 Å². The molecule has 1 N–H and O–H groups in total. The van der Waals surface area contributed by atoms with Gasteiger partial charge in [-0.25, -0.2) is 8.42 Å². The van der Waals surface area contributed by atoms with Crippen molar-refractivity contribution >= 4 is 27.1 Å². The maximum Gasteiger partial charge on any atom is 0.293 e. The molecule has 2 fully saturated rings. The maximum atomic E-state index is 12.6. The third kappa shape index (κ3) is 4.58. The van der Waals surface area contributed by atoms with Gasteiger partial charge in [-0.3, -0.25) is 14.9 Å². The van der Waals surface area contributed by atoms with Crippen molar-refractivity contribution in [3.63, 3.8) is 0 Å². The van der Waals surface area contributed by atoms with Crippen LogP contribution in [-0.2, 0) is 14.6 Å². The fourth-order valence-corrected chi connectivity index (χ4v) is 4.79. The first kappa shape index (κ1) is 19.6. The zero-order valence-corrected chi connectivity index (χ0v) is 16.2. The van der Waals surface area contributed by atoms with E-state index in [0.717, 1.165) is 37.8 Å². The molecule has 3 rings (SSSR count). The van der Waals surface area contributed by atoms with Crippen LogP contribution in [0.25, 0.3) is 0 Å². The minimum absolute atomic E-state index is 0.0452. The first-order valence-electron chi connectivity index (χ1n) is 9.26. The number of benzene rings is 1. The summed E-state index contributed by atoms with van der Waals surface area (Å²) in [6, 6.07) is 3.67. The molecule has 1 saturated heterocycles. The number of hydrogen-bond donors (Lipinski definition) is 1.